The minimum Gasteiger partial charge on any atom is -0.486 e. The fourth-order valence-electron chi connectivity index (χ4n) is 2.28. The summed E-state index contributed by atoms with van der Waals surface area (Å²) in [4.78, 5) is 11.4. The molecule has 0 amide bonds. The van der Waals surface area contributed by atoms with Gasteiger partial charge >= 0.3 is 0 Å². The van der Waals surface area contributed by atoms with Crippen LogP contribution >= 0.6 is 0 Å². The van der Waals surface area contributed by atoms with Gasteiger partial charge in [-0.05, 0) is 63.5 Å². The molecule has 20 heavy (non-hydrogen) atoms. The van der Waals surface area contributed by atoms with E-state index >= 15 is 0 Å². The van der Waals surface area contributed by atoms with Crippen molar-refractivity contribution in [3.8, 4) is 5.75 Å². The Morgan fingerprint density at radius 2 is 2.10 bits per heavy atom. The molecule has 0 aliphatic rings. The van der Waals surface area contributed by atoms with E-state index in [-0.39, 0.29) is 11.9 Å². The van der Waals surface area contributed by atoms with Gasteiger partial charge in [0.05, 0.1) is 0 Å². The summed E-state index contributed by atoms with van der Waals surface area (Å²) in [7, 11) is 0. The summed E-state index contributed by atoms with van der Waals surface area (Å²) in [6.07, 6.45) is 8.92. The lowest BCUT2D eigenvalue weighted by Gasteiger charge is -2.16. The first-order chi connectivity index (χ1) is 9.58. The SMILES string of the molecule is C/C=C/C(CCCCC)Oc1ccc(C(C)=O)c(C)c1. The summed E-state index contributed by atoms with van der Waals surface area (Å²) in [5.41, 5.74) is 1.74. The minimum atomic E-state index is 0.0991. The maximum atomic E-state index is 11.4. The minimum absolute atomic E-state index is 0.0991. The molecule has 0 spiro atoms. The monoisotopic (exact) mass is 274 g/mol. The molecule has 1 aromatic carbocycles. The molecule has 1 unspecified atom stereocenters. The molecular formula is C18H26O2. The van der Waals surface area contributed by atoms with E-state index in [1.165, 1.54) is 19.3 Å². The number of unbranched alkanes of at least 4 members (excludes halogenated alkanes) is 2. The molecule has 0 aromatic heterocycles. The molecule has 0 radical (unpaired) electrons. The average molecular weight is 274 g/mol. The number of carbonyl (C=O) groups is 1. The van der Waals surface area contributed by atoms with Crippen molar-refractivity contribution in [1.29, 1.82) is 0 Å². The summed E-state index contributed by atoms with van der Waals surface area (Å²) in [6.45, 7) is 7.76. The van der Waals surface area contributed by atoms with Gasteiger partial charge in [-0.3, -0.25) is 4.79 Å². The highest BCUT2D eigenvalue weighted by molar-refractivity contribution is 5.95. The van der Waals surface area contributed by atoms with Crippen molar-refractivity contribution in [2.75, 3.05) is 0 Å². The van der Waals surface area contributed by atoms with E-state index in [2.05, 4.69) is 13.0 Å². The molecule has 2 nitrogen and oxygen atoms in total. The van der Waals surface area contributed by atoms with Crippen molar-refractivity contribution in [2.24, 2.45) is 0 Å². The predicted octanol–water partition coefficient (Wildman–Crippen LogP) is 5.10. The van der Waals surface area contributed by atoms with Gasteiger partial charge in [-0.2, -0.15) is 0 Å². The van der Waals surface area contributed by atoms with E-state index < -0.39 is 0 Å². The largest absolute Gasteiger partial charge is 0.486 e. The van der Waals surface area contributed by atoms with Crippen molar-refractivity contribution in [1.82, 2.24) is 0 Å². The number of hydrogen-bond donors (Lipinski definition) is 0. The Morgan fingerprint density at radius 3 is 2.65 bits per heavy atom. The molecule has 0 saturated heterocycles. The Bertz CT molecular complexity index is 460. The number of rotatable bonds is 8. The fraction of sp³-hybridized carbons (Fsp3) is 0.500. The van der Waals surface area contributed by atoms with Gasteiger partial charge in [-0.1, -0.05) is 25.8 Å². The van der Waals surface area contributed by atoms with Crippen LogP contribution in [0.25, 0.3) is 0 Å². The van der Waals surface area contributed by atoms with E-state index in [0.717, 1.165) is 23.3 Å². The first-order valence-corrected chi connectivity index (χ1v) is 7.49. The highest BCUT2D eigenvalue weighted by Gasteiger charge is 2.09. The number of aryl methyl sites for hydroxylation is 1. The molecule has 2 heteroatoms. The lowest BCUT2D eigenvalue weighted by Crippen LogP contribution is -2.13. The molecule has 0 bridgehead atoms. The summed E-state index contributed by atoms with van der Waals surface area (Å²) in [6, 6.07) is 5.69. The molecule has 0 heterocycles. The normalized spacial score (nSPS) is 12.6. The molecular weight excluding hydrogens is 248 g/mol. The lowest BCUT2D eigenvalue weighted by atomic mass is 10.1. The second-order valence-electron chi connectivity index (χ2n) is 5.21. The van der Waals surface area contributed by atoms with Crippen LogP contribution in [0, 0.1) is 6.92 Å². The number of ketones is 1. The molecule has 1 aromatic rings. The van der Waals surface area contributed by atoms with E-state index in [0.29, 0.717) is 0 Å². The van der Waals surface area contributed by atoms with E-state index in [4.69, 9.17) is 4.74 Å². The van der Waals surface area contributed by atoms with E-state index in [1.807, 2.05) is 38.1 Å². The molecule has 0 aliphatic heterocycles. The highest BCUT2D eigenvalue weighted by Crippen LogP contribution is 2.20. The van der Waals surface area contributed by atoms with Crippen molar-refractivity contribution in [3.05, 3.63) is 41.5 Å². The Hall–Kier alpha value is -1.57. The zero-order chi connectivity index (χ0) is 15.0. The number of Topliss-reactive ketones (excluding diaryl/α,β-unsaturated/α-hetero) is 1. The summed E-state index contributed by atoms with van der Waals surface area (Å²) < 4.78 is 6.02. The second-order valence-corrected chi connectivity index (χ2v) is 5.21. The summed E-state index contributed by atoms with van der Waals surface area (Å²) in [5, 5.41) is 0. The van der Waals surface area contributed by atoms with Crippen molar-refractivity contribution >= 4 is 5.78 Å². The zero-order valence-corrected chi connectivity index (χ0v) is 13.1. The second kappa shape index (κ2) is 8.57. The molecule has 1 atom stereocenters. The fourth-order valence-corrected chi connectivity index (χ4v) is 2.28. The van der Waals surface area contributed by atoms with Crippen LogP contribution < -0.4 is 4.74 Å². The van der Waals surface area contributed by atoms with Crippen molar-refractivity contribution < 1.29 is 9.53 Å². The number of benzene rings is 1. The Labute approximate surface area is 122 Å². The topological polar surface area (TPSA) is 26.3 Å². The Kier molecular flexibility index (Phi) is 7.06. The van der Waals surface area contributed by atoms with Crippen LogP contribution in [0.3, 0.4) is 0 Å². The molecule has 1 rings (SSSR count). The van der Waals surface area contributed by atoms with Gasteiger partial charge in [0.25, 0.3) is 0 Å². The van der Waals surface area contributed by atoms with Crippen LogP contribution in [0.15, 0.2) is 30.4 Å². The first kappa shape index (κ1) is 16.5. The van der Waals surface area contributed by atoms with Gasteiger partial charge in [0, 0.05) is 5.56 Å². The van der Waals surface area contributed by atoms with Crippen molar-refractivity contribution in [3.63, 3.8) is 0 Å². The van der Waals surface area contributed by atoms with Gasteiger partial charge in [0.2, 0.25) is 0 Å². The third kappa shape index (κ3) is 5.20. The molecule has 0 fully saturated rings. The molecule has 110 valence electrons. The molecule has 0 N–H and O–H groups in total. The number of carbonyl (C=O) groups excluding carboxylic acids is 1. The Morgan fingerprint density at radius 1 is 1.35 bits per heavy atom. The van der Waals surface area contributed by atoms with Gasteiger partial charge < -0.3 is 4.74 Å². The van der Waals surface area contributed by atoms with Crippen LogP contribution in [-0.4, -0.2) is 11.9 Å². The van der Waals surface area contributed by atoms with Crippen molar-refractivity contribution in [2.45, 2.75) is 59.5 Å². The Balaban J connectivity index is 2.73. The van der Waals surface area contributed by atoms with Gasteiger partial charge in [0.1, 0.15) is 11.9 Å². The zero-order valence-electron chi connectivity index (χ0n) is 13.1. The standard InChI is InChI=1S/C18H26O2/c1-5-7-8-10-16(9-6-2)20-17-11-12-18(15(4)19)14(3)13-17/h6,9,11-13,16H,5,7-8,10H2,1-4H3/b9-6+. The maximum Gasteiger partial charge on any atom is 0.160 e. The third-order valence-corrected chi connectivity index (χ3v) is 3.36. The van der Waals surface area contributed by atoms with Crippen LogP contribution in [0.2, 0.25) is 0 Å². The van der Waals surface area contributed by atoms with Gasteiger partial charge in [0.15, 0.2) is 5.78 Å². The van der Waals surface area contributed by atoms with Crippen LogP contribution in [0.1, 0.15) is 62.4 Å². The van der Waals surface area contributed by atoms with Gasteiger partial charge in [-0.15, -0.1) is 0 Å². The number of ether oxygens (including phenoxy) is 1. The van der Waals surface area contributed by atoms with Gasteiger partial charge in [-0.25, -0.2) is 0 Å². The van der Waals surface area contributed by atoms with Crippen LogP contribution in [-0.2, 0) is 0 Å². The highest BCUT2D eigenvalue weighted by atomic mass is 16.5. The number of allylic oxidation sites excluding steroid dienone is 1. The third-order valence-electron chi connectivity index (χ3n) is 3.36. The number of hydrogen-bond acceptors (Lipinski definition) is 2. The van der Waals surface area contributed by atoms with E-state index in [9.17, 15) is 4.79 Å². The first-order valence-electron chi connectivity index (χ1n) is 7.49. The predicted molar refractivity (Wildman–Crippen MR) is 84.6 cm³/mol. The molecule has 0 saturated carbocycles. The summed E-state index contributed by atoms with van der Waals surface area (Å²) >= 11 is 0. The van der Waals surface area contributed by atoms with Crippen LogP contribution in [0.5, 0.6) is 5.75 Å². The lowest BCUT2D eigenvalue weighted by molar-refractivity contribution is 0.101. The quantitative estimate of drug-likeness (QED) is 0.374. The van der Waals surface area contributed by atoms with Crippen LogP contribution in [0.4, 0.5) is 0 Å². The molecule has 0 aliphatic carbocycles. The average Bonchev–Trinajstić information content (AvgIpc) is 2.39. The van der Waals surface area contributed by atoms with E-state index in [1.54, 1.807) is 6.92 Å². The maximum absolute atomic E-state index is 11.4. The smallest absolute Gasteiger partial charge is 0.160 e. The summed E-state index contributed by atoms with van der Waals surface area (Å²) in [5.74, 6) is 0.939.